The number of aliphatic hydroxyl groups is 1. The molecule has 6 heteroatoms. The second kappa shape index (κ2) is 5.72. The molecule has 0 bridgehead atoms. The molecule has 0 fully saturated rings. The topological polar surface area (TPSA) is 83.5 Å². The van der Waals surface area contributed by atoms with Gasteiger partial charge in [0.25, 0.3) is 0 Å². The lowest BCUT2D eigenvalue weighted by molar-refractivity contribution is 0.0697. The number of carboxylic acids is 1. The van der Waals surface area contributed by atoms with Gasteiger partial charge in [0.05, 0.1) is 5.56 Å². The molecule has 0 unspecified atom stereocenters. The summed E-state index contributed by atoms with van der Waals surface area (Å²) in [5, 5.41) is 17.4. The molecule has 1 aromatic carbocycles. The molecule has 0 saturated heterocycles. The SMILES string of the molecule is Nc1cc(F)c(SCCCO)cc1C(=O)O. The van der Waals surface area contributed by atoms with Crippen molar-refractivity contribution in [3.05, 3.63) is 23.5 Å². The molecular weight excluding hydrogens is 233 g/mol. The van der Waals surface area contributed by atoms with E-state index in [4.69, 9.17) is 15.9 Å². The lowest BCUT2D eigenvalue weighted by Crippen LogP contribution is -2.04. The normalized spacial score (nSPS) is 10.4. The van der Waals surface area contributed by atoms with Crippen LogP contribution in [-0.4, -0.2) is 28.5 Å². The van der Waals surface area contributed by atoms with Gasteiger partial charge in [-0.2, -0.15) is 0 Å². The van der Waals surface area contributed by atoms with Crippen LogP contribution >= 0.6 is 11.8 Å². The van der Waals surface area contributed by atoms with Gasteiger partial charge in [0.1, 0.15) is 5.82 Å². The van der Waals surface area contributed by atoms with Crippen LogP contribution in [0.2, 0.25) is 0 Å². The number of carboxylic acid groups (broad SMARTS) is 1. The van der Waals surface area contributed by atoms with E-state index in [2.05, 4.69) is 0 Å². The molecule has 0 radical (unpaired) electrons. The van der Waals surface area contributed by atoms with Gasteiger partial charge in [-0.15, -0.1) is 11.8 Å². The Labute approximate surface area is 96.3 Å². The minimum atomic E-state index is -1.18. The van der Waals surface area contributed by atoms with Crippen molar-refractivity contribution in [1.82, 2.24) is 0 Å². The summed E-state index contributed by atoms with van der Waals surface area (Å²) >= 11 is 1.16. The van der Waals surface area contributed by atoms with E-state index in [1.54, 1.807) is 0 Å². The average molecular weight is 245 g/mol. The molecule has 0 heterocycles. The molecule has 0 aromatic heterocycles. The smallest absolute Gasteiger partial charge is 0.337 e. The Hall–Kier alpha value is -1.27. The van der Waals surface area contributed by atoms with E-state index in [1.807, 2.05) is 0 Å². The largest absolute Gasteiger partial charge is 0.478 e. The number of thioether (sulfide) groups is 1. The second-order valence-electron chi connectivity index (χ2n) is 3.10. The van der Waals surface area contributed by atoms with E-state index < -0.39 is 11.8 Å². The van der Waals surface area contributed by atoms with Gasteiger partial charge in [0.2, 0.25) is 0 Å². The molecular formula is C10H12FNO3S. The number of rotatable bonds is 5. The predicted molar refractivity (Wildman–Crippen MR) is 60.2 cm³/mol. The second-order valence-corrected chi connectivity index (χ2v) is 4.24. The van der Waals surface area contributed by atoms with Gasteiger partial charge in [-0.3, -0.25) is 0 Å². The van der Waals surface area contributed by atoms with E-state index in [0.717, 1.165) is 17.8 Å². The highest BCUT2D eigenvalue weighted by Gasteiger charge is 2.13. The lowest BCUT2D eigenvalue weighted by atomic mass is 10.2. The number of hydrogen-bond acceptors (Lipinski definition) is 4. The third-order valence-electron chi connectivity index (χ3n) is 1.89. The van der Waals surface area contributed by atoms with E-state index in [1.165, 1.54) is 6.07 Å². The molecule has 1 rings (SSSR count). The first-order chi connectivity index (χ1) is 7.56. The first-order valence-electron chi connectivity index (χ1n) is 4.62. The Bertz CT molecular complexity index is 398. The number of hydrogen-bond donors (Lipinski definition) is 3. The summed E-state index contributed by atoms with van der Waals surface area (Å²) in [6, 6.07) is 2.22. The molecule has 0 amide bonds. The Morgan fingerprint density at radius 2 is 2.19 bits per heavy atom. The Balaban J connectivity index is 2.91. The molecule has 1 aromatic rings. The molecule has 0 saturated carbocycles. The molecule has 88 valence electrons. The summed E-state index contributed by atoms with van der Waals surface area (Å²) in [6.45, 7) is 0.0232. The molecule has 0 spiro atoms. The Kier molecular flexibility index (Phi) is 4.57. The van der Waals surface area contributed by atoms with Crippen molar-refractivity contribution in [3.63, 3.8) is 0 Å². The van der Waals surface area contributed by atoms with Gasteiger partial charge in [0, 0.05) is 22.9 Å². The fourth-order valence-corrected chi connectivity index (χ4v) is 2.00. The summed E-state index contributed by atoms with van der Waals surface area (Å²) in [5.41, 5.74) is 5.19. The number of halogens is 1. The maximum absolute atomic E-state index is 13.4. The fraction of sp³-hybridized carbons (Fsp3) is 0.300. The number of aliphatic hydroxyl groups excluding tert-OH is 1. The molecule has 16 heavy (non-hydrogen) atoms. The van der Waals surface area contributed by atoms with Crippen molar-refractivity contribution in [1.29, 1.82) is 0 Å². The van der Waals surface area contributed by atoms with Crippen LogP contribution in [0.15, 0.2) is 17.0 Å². The van der Waals surface area contributed by atoms with E-state index in [0.29, 0.717) is 12.2 Å². The van der Waals surface area contributed by atoms with Crippen molar-refractivity contribution in [3.8, 4) is 0 Å². The molecule has 4 nitrogen and oxygen atoms in total. The van der Waals surface area contributed by atoms with Crippen molar-refractivity contribution in [2.75, 3.05) is 18.1 Å². The highest BCUT2D eigenvalue weighted by Crippen LogP contribution is 2.27. The van der Waals surface area contributed by atoms with Gasteiger partial charge in [-0.1, -0.05) is 0 Å². The summed E-state index contributed by atoms with van der Waals surface area (Å²) < 4.78 is 13.4. The van der Waals surface area contributed by atoms with Crippen LogP contribution in [0.1, 0.15) is 16.8 Å². The molecule has 0 aliphatic carbocycles. The number of benzene rings is 1. The summed E-state index contributed by atoms with van der Waals surface area (Å²) in [5.74, 6) is -1.19. The summed E-state index contributed by atoms with van der Waals surface area (Å²) in [7, 11) is 0. The fourth-order valence-electron chi connectivity index (χ4n) is 1.11. The van der Waals surface area contributed by atoms with Crippen molar-refractivity contribution >= 4 is 23.4 Å². The third-order valence-corrected chi connectivity index (χ3v) is 3.01. The minimum absolute atomic E-state index is 0.0232. The van der Waals surface area contributed by atoms with Gasteiger partial charge in [-0.25, -0.2) is 9.18 Å². The summed E-state index contributed by atoms with van der Waals surface area (Å²) in [6.07, 6.45) is 0.525. The zero-order chi connectivity index (χ0) is 12.1. The third kappa shape index (κ3) is 3.11. The minimum Gasteiger partial charge on any atom is -0.478 e. The number of aromatic carboxylic acids is 1. The first kappa shape index (κ1) is 12.8. The van der Waals surface area contributed by atoms with E-state index >= 15 is 0 Å². The monoisotopic (exact) mass is 245 g/mol. The zero-order valence-electron chi connectivity index (χ0n) is 8.44. The van der Waals surface area contributed by atoms with Crippen molar-refractivity contribution < 1.29 is 19.4 Å². The average Bonchev–Trinajstić information content (AvgIpc) is 2.21. The Morgan fingerprint density at radius 3 is 2.75 bits per heavy atom. The van der Waals surface area contributed by atoms with Gasteiger partial charge in [-0.05, 0) is 18.6 Å². The standard InChI is InChI=1S/C10H12FNO3S/c11-7-5-8(12)6(10(14)15)4-9(7)16-3-1-2-13/h4-5,13H,1-3,12H2,(H,14,15). The van der Waals surface area contributed by atoms with E-state index in [-0.39, 0.29) is 22.8 Å². The zero-order valence-corrected chi connectivity index (χ0v) is 9.26. The highest BCUT2D eigenvalue weighted by atomic mass is 32.2. The lowest BCUT2D eigenvalue weighted by Gasteiger charge is -2.06. The van der Waals surface area contributed by atoms with Gasteiger partial charge < -0.3 is 15.9 Å². The van der Waals surface area contributed by atoms with Gasteiger partial charge in [0.15, 0.2) is 0 Å². The van der Waals surface area contributed by atoms with Crippen LogP contribution in [0.5, 0.6) is 0 Å². The van der Waals surface area contributed by atoms with Gasteiger partial charge >= 0.3 is 5.97 Å². The van der Waals surface area contributed by atoms with Crippen LogP contribution in [0, 0.1) is 5.82 Å². The van der Waals surface area contributed by atoms with Crippen LogP contribution in [0.4, 0.5) is 10.1 Å². The van der Waals surface area contributed by atoms with Crippen molar-refractivity contribution in [2.24, 2.45) is 0 Å². The number of anilines is 1. The predicted octanol–water partition coefficient (Wildman–Crippen LogP) is 1.58. The van der Waals surface area contributed by atoms with Crippen molar-refractivity contribution in [2.45, 2.75) is 11.3 Å². The quantitative estimate of drug-likeness (QED) is 0.417. The Morgan fingerprint density at radius 1 is 1.50 bits per heavy atom. The summed E-state index contributed by atoms with van der Waals surface area (Å²) in [4.78, 5) is 11.0. The number of carbonyl (C=O) groups is 1. The molecule has 4 N–H and O–H groups in total. The highest BCUT2D eigenvalue weighted by molar-refractivity contribution is 7.99. The molecule has 0 aliphatic heterocycles. The van der Waals surface area contributed by atoms with Crippen LogP contribution < -0.4 is 5.73 Å². The van der Waals surface area contributed by atoms with Crippen LogP contribution in [0.3, 0.4) is 0 Å². The molecule has 0 aliphatic rings. The first-order valence-corrected chi connectivity index (χ1v) is 5.60. The number of nitrogen functional groups attached to an aromatic ring is 1. The maximum atomic E-state index is 13.4. The molecule has 0 atom stereocenters. The van der Waals surface area contributed by atoms with E-state index in [9.17, 15) is 9.18 Å². The number of nitrogens with two attached hydrogens (primary N) is 1. The van der Waals surface area contributed by atoms with Crippen LogP contribution in [0.25, 0.3) is 0 Å². The maximum Gasteiger partial charge on any atom is 0.337 e. The van der Waals surface area contributed by atoms with Crippen LogP contribution in [-0.2, 0) is 0 Å².